The van der Waals surface area contributed by atoms with Gasteiger partial charge in [-0.1, -0.05) is 0 Å². The molecule has 0 aliphatic heterocycles. The van der Waals surface area contributed by atoms with Crippen molar-refractivity contribution in [2.24, 2.45) is 0 Å². The van der Waals surface area contributed by atoms with Crippen LogP contribution in [0.2, 0.25) is 0 Å². The van der Waals surface area contributed by atoms with E-state index in [1.165, 1.54) is 7.11 Å². The summed E-state index contributed by atoms with van der Waals surface area (Å²) in [5.41, 5.74) is 7.66. The van der Waals surface area contributed by atoms with Crippen LogP contribution in [-0.4, -0.2) is 37.0 Å². The Hall–Kier alpha value is -1.69. The van der Waals surface area contributed by atoms with Gasteiger partial charge >= 0.3 is 5.97 Å². The van der Waals surface area contributed by atoms with Gasteiger partial charge in [-0.15, -0.1) is 0 Å². The van der Waals surface area contributed by atoms with Crippen LogP contribution >= 0.6 is 11.8 Å². The van der Waals surface area contributed by atoms with Crippen LogP contribution < -0.4 is 11.1 Å². The molecule has 1 aromatic rings. The van der Waals surface area contributed by atoms with Gasteiger partial charge in [0.15, 0.2) is 0 Å². The highest BCUT2D eigenvalue weighted by Gasteiger charge is 2.21. The lowest BCUT2D eigenvalue weighted by Gasteiger charge is -2.16. The minimum Gasteiger partial charge on any atom is -0.467 e. The zero-order valence-electron chi connectivity index (χ0n) is 11.9. The van der Waals surface area contributed by atoms with E-state index in [1.54, 1.807) is 30.0 Å². The normalized spacial score (nSPS) is 11.8. The van der Waals surface area contributed by atoms with E-state index in [2.05, 4.69) is 5.32 Å². The number of ether oxygens (including phenoxy) is 1. The van der Waals surface area contributed by atoms with Crippen molar-refractivity contribution in [3.63, 3.8) is 0 Å². The molecular formula is C14H20N2O3S. The molecule has 0 fully saturated rings. The van der Waals surface area contributed by atoms with Crippen molar-refractivity contribution in [1.29, 1.82) is 0 Å². The summed E-state index contributed by atoms with van der Waals surface area (Å²) in [5, 5.41) is 2.70. The number of anilines is 1. The molecule has 0 aliphatic carbocycles. The average molecular weight is 296 g/mol. The van der Waals surface area contributed by atoms with Crippen LogP contribution in [0.1, 0.15) is 22.3 Å². The molecule has 3 N–H and O–H groups in total. The molecule has 0 spiro atoms. The van der Waals surface area contributed by atoms with Gasteiger partial charge in [0.2, 0.25) is 0 Å². The van der Waals surface area contributed by atoms with Crippen molar-refractivity contribution in [3.8, 4) is 0 Å². The number of nitrogens with two attached hydrogens (primary N) is 1. The Morgan fingerprint density at radius 3 is 2.70 bits per heavy atom. The van der Waals surface area contributed by atoms with Gasteiger partial charge in [0, 0.05) is 11.3 Å². The third kappa shape index (κ3) is 4.45. The molecule has 20 heavy (non-hydrogen) atoms. The summed E-state index contributed by atoms with van der Waals surface area (Å²) in [5.74, 6) is 0.0324. The van der Waals surface area contributed by atoms with Crippen LogP contribution in [0.5, 0.6) is 0 Å². The fourth-order valence-corrected chi connectivity index (χ4v) is 2.16. The van der Waals surface area contributed by atoms with Gasteiger partial charge in [-0.2, -0.15) is 11.8 Å². The van der Waals surface area contributed by atoms with E-state index in [9.17, 15) is 9.59 Å². The number of amides is 1. The second kappa shape index (κ2) is 7.79. The number of nitrogens with one attached hydrogen (secondary N) is 1. The number of aryl methyl sites for hydroxylation is 1. The van der Waals surface area contributed by atoms with E-state index < -0.39 is 12.0 Å². The Kier molecular flexibility index (Phi) is 6.38. The van der Waals surface area contributed by atoms with E-state index in [-0.39, 0.29) is 5.91 Å². The van der Waals surface area contributed by atoms with Gasteiger partial charge in [0.1, 0.15) is 6.04 Å². The summed E-state index contributed by atoms with van der Waals surface area (Å²) in [7, 11) is 1.31. The van der Waals surface area contributed by atoms with E-state index in [0.29, 0.717) is 17.7 Å². The number of rotatable bonds is 6. The molecule has 1 amide bonds. The minimum absolute atomic E-state index is 0.301. The van der Waals surface area contributed by atoms with Crippen LogP contribution in [0.25, 0.3) is 0 Å². The molecule has 0 bridgehead atoms. The molecule has 0 radical (unpaired) electrons. The van der Waals surface area contributed by atoms with Gasteiger partial charge in [0.05, 0.1) is 7.11 Å². The molecule has 1 rings (SSSR count). The van der Waals surface area contributed by atoms with Crippen molar-refractivity contribution in [1.82, 2.24) is 5.32 Å². The first-order valence-corrected chi connectivity index (χ1v) is 7.62. The molecular weight excluding hydrogens is 276 g/mol. The predicted molar refractivity (Wildman–Crippen MR) is 81.9 cm³/mol. The highest BCUT2D eigenvalue weighted by atomic mass is 32.2. The quantitative estimate of drug-likeness (QED) is 0.615. The zero-order valence-corrected chi connectivity index (χ0v) is 12.8. The van der Waals surface area contributed by atoms with Crippen LogP contribution in [0.4, 0.5) is 5.69 Å². The number of thioether (sulfide) groups is 1. The number of carbonyl (C=O) groups is 2. The first-order chi connectivity index (χ1) is 9.49. The topological polar surface area (TPSA) is 81.4 Å². The van der Waals surface area contributed by atoms with Gasteiger partial charge in [-0.3, -0.25) is 4.79 Å². The number of esters is 1. The highest BCUT2D eigenvalue weighted by molar-refractivity contribution is 7.98. The van der Waals surface area contributed by atoms with E-state index in [4.69, 9.17) is 10.5 Å². The monoisotopic (exact) mass is 296 g/mol. The van der Waals surface area contributed by atoms with Crippen molar-refractivity contribution in [2.75, 3.05) is 24.9 Å². The Morgan fingerprint density at radius 1 is 1.45 bits per heavy atom. The maximum Gasteiger partial charge on any atom is 0.328 e. The SMILES string of the molecule is COC(=O)[C@H](CCSC)NC(=O)c1ccc(N)c(C)c1. The zero-order chi connectivity index (χ0) is 15.1. The fraction of sp³-hybridized carbons (Fsp3) is 0.429. The van der Waals surface area contributed by atoms with Crippen LogP contribution in [0, 0.1) is 6.92 Å². The number of nitrogen functional groups attached to an aromatic ring is 1. The Balaban J connectivity index is 2.78. The molecule has 5 nitrogen and oxygen atoms in total. The van der Waals surface area contributed by atoms with E-state index in [0.717, 1.165) is 11.3 Å². The number of hydrogen-bond donors (Lipinski definition) is 2. The Morgan fingerprint density at radius 2 is 2.15 bits per heavy atom. The summed E-state index contributed by atoms with van der Waals surface area (Å²) in [6, 6.07) is 4.39. The first-order valence-electron chi connectivity index (χ1n) is 6.23. The fourth-order valence-electron chi connectivity index (χ4n) is 1.69. The molecule has 0 aliphatic rings. The van der Waals surface area contributed by atoms with E-state index >= 15 is 0 Å². The summed E-state index contributed by atoms with van der Waals surface area (Å²) in [4.78, 5) is 23.8. The maximum atomic E-state index is 12.1. The molecule has 0 saturated heterocycles. The lowest BCUT2D eigenvalue weighted by atomic mass is 10.1. The van der Waals surface area contributed by atoms with Crippen LogP contribution in [0.3, 0.4) is 0 Å². The molecule has 0 unspecified atom stereocenters. The van der Waals surface area contributed by atoms with Crippen molar-refractivity contribution in [3.05, 3.63) is 29.3 Å². The Bertz CT molecular complexity index is 491. The molecule has 1 atom stereocenters. The van der Waals surface area contributed by atoms with Gasteiger partial charge in [-0.05, 0) is 49.1 Å². The van der Waals surface area contributed by atoms with Gasteiger partial charge in [0.25, 0.3) is 5.91 Å². The summed E-state index contributed by atoms with van der Waals surface area (Å²) >= 11 is 1.61. The lowest BCUT2D eigenvalue weighted by molar-refractivity contribution is -0.142. The number of methoxy groups -OCH3 is 1. The predicted octanol–water partition coefficient (Wildman–Crippen LogP) is 1.60. The highest BCUT2D eigenvalue weighted by Crippen LogP contribution is 2.13. The second-order valence-corrected chi connectivity index (χ2v) is 5.39. The second-order valence-electron chi connectivity index (χ2n) is 4.40. The number of hydrogen-bond acceptors (Lipinski definition) is 5. The molecule has 1 aromatic carbocycles. The summed E-state index contributed by atoms with van der Waals surface area (Å²) in [6.45, 7) is 1.83. The van der Waals surface area contributed by atoms with Crippen molar-refractivity contribution >= 4 is 29.3 Å². The molecule has 0 heterocycles. The smallest absolute Gasteiger partial charge is 0.328 e. The summed E-state index contributed by atoms with van der Waals surface area (Å²) in [6.07, 6.45) is 2.48. The minimum atomic E-state index is -0.627. The third-order valence-electron chi connectivity index (χ3n) is 2.93. The Labute approximate surface area is 123 Å². The molecule has 0 aromatic heterocycles. The standard InChI is InChI=1S/C14H20N2O3S/c1-9-8-10(4-5-11(9)15)13(17)16-12(6-7-20-3)14(18)19-2/h4-5,8,12H,6-7,15H2,1-3H3,(H,16,17)/t12-/m0/s1. The first kappa shape index (κ1) is 16.4. The molecule has 6 heteroatoms. The molecule has 0 saturated carbocycles. The van der Waals surface area contributed by atoms with Gasteiger partial charge < -0.3 is 15.8 Å². The van der Waals surface area contributed by atoms with Crippen molar-refractivity contribution < 1.29 is 14.3 Å². The number of benzene rings is 1. The maximum absolute atomic E-state index is 12.1. The van der Waals surface area contributed by atoms with Gasteiger partial charge in [-0.25, -0.2) is 4.79 Å². The summed E-state index contributed by atoms with van der Waals surface area (Å²) < 4.78 is 4.71. The lowest BCUT2D eigenvalue weighted by Crippen LogP contribution is -2.42. The average Bonchev–Trinajstić information content (AvgIpc) is 2.45. The third-order valence-corrected chi connectivity index (χ3v) is 3.58. The van der Waals surface area contributed by atoms with Crippen LogP contribution in [-0.2, 0) is 9.53 Å². The molecule has 110 valence electrons. The van der Waals surface area contributed by atoms with Crippen LogP contribution in [0.15, 0.2) is 18.2 Å². The van der Waals surface area contributed by atoms with Crippen molar-refractivity contribution in [2.45, 2.75) is 19.4 Å². The van der Waals surface area contributed by atoms with E-state index in [1.807, 2.05) is 13.2 Å². The number of carbonyl (C=O) groups excluding carboxylic acids is 2. The largest absolute Gasteiger partial charge is 0.467 e.